The Morgan fingerprint density at radius 2 is 1.91 bits per heavy atom. The monoisotopic (exact) mass is 463 g/mol. The predicted molar refractivity (Wildman–Crippen MR) is 124 cm³/mol. The highest BCUT2D eigenvalue weighted by Gasteiger charge is 2.19. The maximum atomic E-state index is 12.6. The number of methoxy groups -OCH3 is 1. The number of amides is 1. The number of halogens is 1. The molecule has 3 aromatic rings. The Morgan fingerprint density at radius 3 is 2.58 bits per heavy atom. The van der Waals surface area contributed by atoms with Crippen LogP contribution >= 0.6 is 11.6 Å². The van der Waals surface area contributed by atoms with Crippen LogP contribution in [0.3, 0.4) is 0 Å². The summed E-state index contributed by atoms with van der Waals surface area (Å²) >= 11 is 5.79. The van der Waals surface area contributed by atoms with Gasteiger partial charge in [0.1, 0.15) is 23.9 Å². The first-order valence-electron chi connectivity index (χ1n) is 9.63. The fourth-order valence-electron chi connectivity index (χ4n) is 2.89. The Hall–Kier alpha value is -4.35. The number of carbonyl (C=O) groups excluding carboxylic acids is 1. The van der Waals surface area contributed by atoms with E-state index in [-0.39, 0.29) is 22.0 Å². The van der Waals surface area contributed by atoms with E-state index in [1.54, 1.807) is 18.2 Å². The molecular formula is C24H18ClN3O5. The second-order valence-electron chi connectivity index (χ2n) is 6.73. The standard InChI is InChI=1S/C24H18ClN3O5/c1-32-23-12-17(7-10-22(23)33-15-16-5-3-2-4-6-16)11-18(14-26)24(29)27-20-9-8-19(25)13-21(20)28(30)31/h2-13H,15H2,1H3,(H,27,29)/b18-11+. The van der Waals surface area contributed by atoms with Crippen molar-refractivity contribution < 1.29 is 19.2 Å². The van der Waals surface area contributed by atoms with Gasteiger partial charge < -0.3 is 14.8 Å². The summed E-state index contributed by atoms with van der Waals surface area (Å²) in [5.74, 6) is 0.121. The number of carbonyl (C=O) groups is 1. The van der Waals surface area contributed by atoms with E-state index in [1.165, 1.54) is 25.3 Å². The molecule has 0 unspecified atom stereocenters. The van der Waals surface area contributed by atoms with Crippen LogP contribution in [-0.4, -0.2) is 17.9 Å². The Labute approximate surface area is 194 Å². The van der Waals surface area contributed by atoms with Crippen molar-refractivity contribution in [3.8, 4) is 17.6 Å². The third-order valence-electron chi connectivity index (χ3n) is 4.51. The topological polar surface area (TPSA) is 114 Å². The minimum atomic E-state index is -0.800. The zero-order chi connectivity index (χ0) is 23.8. The number of nitro benzene ring substituents is 1. The molecule has 0 bridgehead atoms. The fraction of sp³-hybridized carbons (Fsp3) is 0.0833. The molecule has 1 N–H and O–H groups in total. The zero-order valence-electron chi connectivity index (χ0n) is 17.4. The number of hydrogen-bond donors (Lipinski definition) is 1. The third-order valence-corrected chi connectivity index (χ3v) is 4.74. The molecule has 9 heteroatoms. The highest BCUT2D eigenvalue weighted by atomic mass is 35.5. The smallest absolute Gasteiger partial charge is 0.294 e. The van der Waals surface area contributed by atoms with E-state index < -0.39 is 10.8 Å². The molecule has 0 radical (unpaired) electrons. The molecule has 0 aliphatic rings. The largest absolute Gasteiger partial charge is 0.493 e. The Bertz CT molecular complexity index is 1250. The van der Waals surface area contributed by atoms with E-state index in [0.717, 1.165) is 11.6 Å². The number of ether oxygens (including phenoxy) is 2. The van der Waals surface area contributed by atoms with Crippen molar-refractivity contribution in [1.29, 1.82) is 5.26 Å². The van der Waals surface area contributed by atoms with Gasteiger partial charge in [-0.25, -0.2) is 0 Å². The molecule has 0 aliphatic carbocycles. The van der Waals surface area contributed by atoms with Gasteiger partial charge in [0.05, 0.1) is 12.0 Å². The van der Waals surface area contributed by atoms with Crippen LogP contribution < -0.4 is 14.8 Å². The van der Waals surface area contributed by atoms with Crippen molar-refractivity contribution in [2.75, 3.05) is 12.4 Å². The summed E-state index contributed by atoms with van der Waals surface area (Å²) < 4.78 is 11.2. The van der Waals surface area contributed by atoms with Crippen LogP contribution in [-0.2, 0) is 11.4 Å². The van der Waals surface area contributed by atoms with Gasteiger partial charge in [-0.15, -0.1) is 0 Å². The molecule has 0 saturated carbocycles. The molecule has 0 atom stereocenters. The van der Waals surface area contributed by atoms with Crippen LogP contribution in [0.1, 0.15) is 11.1 Å². The van der Waals surface area contributed by atoms with E-state index in [1.807, 2.05) is 36.4 Å². The lowest BCUT2D eigenvalue weighted by Gasteiger charge is -2.11. The van der Waals surface area contributed by atoms with Crippen LogP contribution in [0.5, 0.6) is 11.5 Å². The van der Waals surface area contributed by atoms with Gasteiger partial charge in [-0.05, 0) is 41.5 Å². The van der Waals surface area contributed by atoms with Crippen molar-refractivity contribution in [2.45, 2.75) is 6.61 Å². The summed E-state index contributed by atoms with van der Waals surface area (Å²) in [5, 5.41) is 23.2. The molecule has 0 heterocycles. The first kappa shape index (κ1) is 23.3. The highest BCUT2D eigenvalue weighted by molar-refractivity contribution is 6.31. The highest BCUT2D eigenvalue weighted by Crippen LogP contribution is 2.31. The molecule has 8 nitrogen and oxygen atoms in total. The number of benzene rings is 3. The SMILES string of the molecule is COc1cc(/C=C(\C#N)C(=O)Nc2ccc(Cl)cc2[N+](=O)[O-])ccc1OCc1ccccc1. The second-order valence-corrected chi connectivity index (χ2v) is 7.16. The minimum Gasteiger partial charge on any atom is -0.493 e. The Kier molecular flexibility index (Phi) is 7.63. The van der Waals surface area contributed by atoms with Crippen LogP contribution in [0, 0.1) is 21.4 Å². The Balaban J connectivity index is 1.80. The van der Waals surface area contributed by atoms with Crippen molar-refractivity contribution in [3.05, 3.63) is 98.6 Å². The number of rotatable bonds is 8. The maximum absolute atomic E-state index is 12.6. The lowest BCUT2D eigenvalue weighted by molar-refractivity contribution is -0.383. The molecule has 166 valence electrons. The van der Waals surface area contributed by atoms with Crippen LogP contribution in [0.25, 0.3) is 6.08 Å². The van der Waals surface area contributed by atoms with Gasteiger partial charge in [0.2, 0.25) is 0 Å². The molecule has 3 aromatic carbocycles. The molecule has 33 heavy (non-hydrogen) atoms. The van der Waals surface area contributed by atoms with Crippen molar-refractivity contribution >= 4 is 35.0 Å². The van der Waals surface area contributed by atoms with Crippen molar-refractivity contribution in [1.82, 2.24) is 0 Å². The first-order valence-corrected chi connectivity index (χ1v) is 10.0. The molecule has 0 fully saturated rings. The number of hydrogen-bond acceptors (Lipinski definition) is 6. The minimum absolute atomic E-state index is 0.0715. The zero-order valence-corrected chi connectivity index (χ0v) is 18.2. The van der Waals surface area contributed by atoms with Gasteiger partial charge in [0, 0.05) is 11.1 Å². The molecule has 1 amide bonds. The average Bonchev–Trinajstić information content (AvgIpc) is 2.83. The summed E-state index contributed by atoms with van der Waals surface area (Å²) in [6.07, 6.45) is 1.35. The van der Waals surface area contributed by atoms with Gasteiger partial charge in [0.15, 0.2) is 11.5 Å². The van der Waals surface area contributed by atoms with Crippen LogP contribution in [0.4, 0.5) is 11.4 Å². The molecule has 0 spiro atoms. The summed E-state index contributed by atoms with van der Waals surface area (Å²) in [6.45, 7) is 0.345. The van der Waals surface area contributed by atoms with E-state index in [0.29, 0.717) is 23.7 Å². The van der Waals surface area contributed by atoms with Gasteiger partial charge in [-0.1, -0.05) is 48.0 Å². The predicted octanol–water partition coefficient (Wildman–Crippen LogP) is 5.38. The lowest BCUT2D eigenvalue weighted by Crippen LogP contribution is -2.14. The summed E-state index contributed by atoms with van der Waals surface area (Å²) in [5.41, 5.74) is 0.797. The quantitative estimate of drug-likeness (QED) is 0.207. The molecule has 0 aliphatic heterocycles. The molecule has 3 rings (SSSR count). The van der Waals surface area contributed by atoms with Gasteiger partial charge in [0.25, 0.3) is 11.6 Å². The molecule has 0 aromatic heterocycles. The van der Waals surface area contributed by atoms with Crippen LogP contribution in [0.15, 0.2) is 72.3 Å². The summed E-state index contributed by atoms with van der Waals surface area (Å²) in [4.78, 5) is 23.1. The Morgan fingerprint density at radius 1 is 1.15 bits per heavy atom. The van der Waals surface area contributed by atoms with Crippen molar-refractivity contribution in [2.24, 2.45) is 0 Å². The number of nitrogens with one attached hydrogen (secondary N) is 1. The van der Waals surface area contributed by atoms with Gasteiger partial charge in [-0.3, -0.25) is 14.9 Å². The van der Waals surface area contributed by atoms with E-state index in [2.05, 4.69) is 5.32 Å². The van der Waals surface area contributed by atoms with Gasteiger partial charge >= 0.3 is 0 Å². The molecular weight excluding hydrogens is 446 g/mol. The van der Waals surface area contributed by atoms with Crippen LogP contribution in [0.2, 0.25) is 5.02 Å². The molecule has 0 saturated heterocycles. The maximum Gasteiger partial charge on any atom is 0.294 e. The number of anilines is 1. The average molecular weight is 464 g/mol. The number of nitrogens with zero attached hydrogens (tertiary/aromatic N) is 2. The van der Waals surface area contributed by atoms with E-state index >= 15 is 0 Å². The number of nitro groups is 1. The normalized spacial score (nSPS) is 10.8. The second kappa shape index (κ2) is 10.8. The lowest BCUT2D eigenvalue weighted by atomic mass is 10.1. The summed E-state index contributed by atoms with van der Waals surface area (Å²) in [7, 11) is 1.48. The van der Waals surface area contributed by atoms with Crippen molar-refractivity contribution in [3.63, 3.8) is 0 Å². The van der Waals surface area contributed by atoms with E-state index in [9.17, 15) is 20.2 Å². The number of nitriles is 1. The first-order chi connectivity index (χ1) is 15.9. The fourth-order valence-corrected chi connectivity index (χ4v) is 3.06. The third kappa shape index (κ3) is 6.09. The van der Waals surface area contributed by atoms with E-state index in [4.69, 9.17) is 21.1 Å². The summed E-state index contributed by atoms with van der Waals surface area (Å²) in [6, 6.07) is 20.2. The van der Waals surface area contributed by atoms with Gasteiger partial charge in [-0.2, -0.15) is 5.26 Å².